The van der Waals surface area contributed by atoms with Crippen LogP contribution in [0.2, 0.25) is 0 Å². The van der Waals surface area contributed by atoms with E-state index in [1.807, 2.05) is 0 Å². The van der Waals surface area contributed by atoms with E-state index in [4.69, 9.17) is 4.42 Å². The van der Waals surface area contributed by atoms with Crippen LogP contribution in [0.15, 0.2) is 22.8 Å². The molecule has 0 unspecified atom stereocenters. The molecule has 82 valence electrons. The van der Waals surface area contributed by atoms with Crippen molar-refractivity contribution in [1.29, 1.82) is 0 Å². The fourth-order valence-electron chi connectivity index (χ4n) is 1.80. The summed E-state index contributed by atoms with van der Waals surface area (Å²) >= 11 is 0. The Balaban J connectivity index is 1.85. The van der Waals surface area contributed by atoms with Gasteiger partial charge in [-0.2, -0.15) is 0 Å². The molecule has 1 aromatic heterocycles. The lowest BCUT2D eigenvalue weighted by atomic mass is 10.1. The molecule has 0 aromatic carbocycles. The summed E-state index contributed by atoms with van der Waals surface area (Å²) in [4.78, 5) is 13.7. The first-order valence-electron chi connectivity index (χ1n) is 5.23. The molecule has 4 nitrogen and oxygen atoms in total. The molecule has 0 saturated carbocycles. The summed E-state index contributed by atoms with van der Waals surface area (Å²) in [5.74, 6) is 0.428. The molecule has 1 aliphatic heterocycles. The Morgan fingerprint density at radius 3 is 2.87 bits per heavy atom. The monoisotopic (exact) mass is 209 g/mol. The van der Waals surface area contributed by atoms with Gasteiger partial charge in [-0.1, -0.05) is 0 Å². The van der Waals surface area contributed by atoms with Gasteiger partial charge in [-0.25, -0.2) is 0 Å². The van der Waals surface area contributed by atoms with Crippen LogP contribution in [0.3, 0.4) is 0 Å². The van der Waals surface area contributed by atoms with Gasteiger partial charge < -0.3 is 9.52 Å². The smallest absolute Gasteiger partial charge is 0.211 e. The third-order valence-corrected chi connectivity index (χ3v) is 2.72. The minimum absolute atomic E-state index is 0.0105. The predicted molar refractivity (Wildman–Crippen MR) is 54.7 cm³/mol. The van der Waals surface area contributed by atoms with Gasteiger partial charge in [-0.3, -0.25) is 9.69 Å². The SMILES string of the molecule is O=C(CN1CCC(O)CC1)c1ccco1. The largest absolute Gasteiger partial charge is 0.461 e. The minimum Gasteiger partial charge on any atom is -0.461 e. The minimum atomic E-state index is -0.194. The summed E-state index contributed by atoms with van der Waals surface area (Å²) in [5.41, 5.74) is 0. The molecular formula is C11H15NO3. The van der Waals surface area contributed by atoms with E-state index in [-0.39, 0.29) is 11.9 Å². The van der Waals surface area contributed by atoms with E-state index in [0.29, 0.717) is 12.3 Å². The number of aliphatic hydroxyl groups excluding tert-OH is 1. The second-order valence-corrected chi connectivity index (χ2v) is 3.91. The highest BCUT2D eigenvalue weighted by atomic mass is 16.3. The average molecular weight is 209 g/mol. The molecule has 0 radical (unpaired) electrons. The molecule has 1 aromatic rings. The number of hydrogen-bond acceptors (Lipinski definition) is 4. The van der Waals surface area contributed by atoms with Gasteiger partial charge in [0.05, 0.1) is 18.9 Å². The van der Waals surface area contributed by atoms with Crippen molar-refractivity contribution in [2.45, 2.75) is 18.9 Å². The molecule has 1 saturated heterocycles. The van der Waals surface area contributed by atoms with Crippen molar-refractivity contribution >= 4 is 5.78 Å². The number of carbonyl (C=O) groups is 1. The van der Waals surface area contributed by atoms with E-state index in [0.717, 1.165) is 25.9 Å². The number of ketones is 1. The maximum atomic E-state index is 11.7. The molecule has 4 heteroatoms. The van der Waals surface area contributed by atoms with Gasteiger partial charge in [-0.05, 0) is 25.0 Å². The van der Waals surface area contributed by atoms with Crippen LogP contribution in [-0.2, 0) is 0 Å². The predicted octanol–water partition coefficient (Wildman–Crippen LogP) is 0.919. The van der Waals surface area contributed by atoms with E-state index in [9.17, 15) is 9.90 Å². The number of hydrogen-bond donors (Lipinski definition) is 1. The van der Waals surface area contributed by atoms with Crippen molar-refractivity contribution < 1.29 is 14.3 Å². The van der Waals surface area contributed by atoms with Gasteiger partial charge >= 0.3 is 0 Å². The summed E-state index contributed by atoms with van der Waals surface area (Å²) in [6.07, 6.45) is 2.82. The number of furan rings is 1. The number of nitrogens with zero attached hydrogens (tertiary/aromatic N) is 1. The third-order valence-electron chi connectivity index (χ3n) is 2.72. The van der Waals surface area contributed by atoms with Crippen LogP contribution in [0.25, 0.3) is 0 Å². The van der Waals surface area contributed by atoms with Crippen LogP contribution in [0.1, 0.15) is 23.4 Å². The van der Waals surface area contributed by atoms with E-state index < -0.39 is 0 Å². The number of aliphatic hydroxyl groups is 1. The molecule has 15 heavy (non-hydrogen) atoms. The van der Waals surface area contributed by atoms with Crippen LogP contribution in [0.5, 0.6) is 0 Å². The number of piperidine rings is 1. The highest BCUT2D eigenvalue weighted by molar-refractivity contribution is 5.94. The molecule has 0 atom stereocenters. The summed E-state index contributed by atoms with van der Waals surface area (Å²) < 4.78 is 5.03. The van der Waals surface area contributed by atoms with Gasteiger partial charge in [0.2, 0.25) is 5.78 Å². The molecule has 1 fully saturated rings. The summed E-state index contributed by atoms with van der Waals surface area (Å²) in [6.45, 7) is 1.96. The molecule has 1 N–H and O–H groups in total. The van der Waals surface area contributed by atoms with Crippen LogP contribution >= 0.6 is 0 Å². The van der Waals surface area contributed by atoms with Crippen molar-refractivity contribution in [3.8, 4) is 0 Å². The number of Topliss-reactive ketones (excluding diaryl/α,β-unsaturated/α-hetero) is 1. The summed E-state index contributed by atoms with van der Waals surface area (Å²) in [6, 6.07) is 3.40. The Kier molecular flexibility index (Phi) is 3.18. The lowest BCUT2D eigenvalue weighted by molar-refractivity contribution is 0.0696. The topological polar surface area (TPSA) is 53.7 Å². The van der Waals surface area contributed by atoms with Crippen molar-refractivity contribution in [3.63, 3.8) is 0 Å². The Labute approximate surface area is 88.5 Å². The standard InChI is InChI=1S/C11H15NO3/c13-9-3-5-12(6-4-9)8-10(14)11-2-1-7-15-11/h1-2,7,9,13H,3-6,8H2. The maximum absolute atomic E-state index is 11.7. The van der Waals surface area contributed by atoms with E-state index in [2.05, 4.69) is 4.90 Å². The van der Waals surface area contributed by atoms with Gasteiger partial charge in [0.15, 0.2) is 5.76 Å². The molecule has 1 aliphatic rings. The molecular weight excluding hydrogens is 194 g/mol. The number of likely N-dealkylation sites (tertiary alicyclic amines) is 1. The Bertz CT molecular complexity index is 313. The third kappa shape index (κ3) is 2.67. The van der Waals surface area contributed by atoms with Gasteiger partial charge in [0.1, 0.15) is 0 Å². The van der Waals surface area contributed by atoms with Crippen LogP contribution in [0, 0.1) is 0 Å². The van der Waals surface area contributed by atoms with Crippen molar-refractivity contribution in [2.75, 3.05) is 19.6 Å². The average Bonchev–Trinajstić information content (AvgIpc) is 2.74. The zero-order valence-corrected chi connectivity index (χ0v) is 8.56. The highest BCUT2D eigenvalue weighted by Crippen LogP contribution is 2.11. The van der Waals surface area contributed by atoms with E-state index in [1.54, 1.807) is 12.1 Å². The normalized spacial score (nSPS) is 19.3. The van der Waals surface area contributed by atoms with E-state index >= 15 is 0 Å². The Morgan fingerprint density at radius 1 is 1.53 bits per heavy atom. The summed E-state index contributed by atoms with van der Waals surface area (Å²) in [7, 11) is 0. The van der Waals surface area contributed by atoms with Gasteiger partial charge in [0.25, 0.3) is 0 Å². The first-order valence-corrected chi connectivity index (χ1v) is 5.23. The van der Waals surface area contributed by atoms with Crippen molar-refractivity contribution in [2.24, 2.45) is 0 Å². The second-order valence-electron chi connectivity index (χ2n) is 3.91. The highest BCUT2D eigenvalue weighted by Gasteiger charge is 2.20. The van der Waals surface area contributed by atoms with Crippen molar-refractivity contribution in [1.82, 2.24) is 4.90 Å². The van der Waals surface area contributed by atoms with Crippen LogP contribution in [0.4, 0.5) is 0 Å². The first kappa shape index (κ1) is 10.4. The van der Waals surface area contributed by atoms with Crippen LogP contribution < -0.4 is 0 Å². The molecule has 0 aliphatic carbocycles. The molecule has 0 amide bonds. The molecule has 2 rings (SSSR count). The maximum Gasteiger partial charge on any atom is 0.211 e. The van der Waals surface area contributed by atoms with Gasteiger partial charge in [0, 0.05) is 13.1 Å². The lowest BCUT2D eigenvalue weighted by Crippen LogP contribution is -2.38. The fraction of sp³-hybridized carbons (Fsp3) is 0.545. The zero-order chi connectivity index (χ0) is 10.7. The first-order chi connectivity index (χ1) is 7.25. The van der Waals surface area contributed by atoms with E-state index in [1.165, 1.54) is 6.26 Å². The summed E-state index contributed by atoms with van der Waals surface area (Å²) in [5, 5.41) is 9.31. The zero-order valence-electron chi connectivity index (χ0n) is 8.56. The van der Waals surface area contributed by atoms with Crippen LogP contribution in [-0.4, -0.2) is 41.5 Å². The molecule has 0 spiro atoms. The van der Waals surface area contributed by atoms with Crippen molar-refractivity contribution in [3.05, 3.63) is 24.2 Å². The molecule has 0 bridgehead atoms. The number of carbonyl (C=O) groups excluding carboxylic acids is 1. The number of rotatable bonds is 3. The molecule has 2 heterocycles. The van der Waals surface area contributed by atoms with Gasteiger partial charge in [-0.15, -0.1) is 0 Å². The lowest BCUT2D eigenvalue weighted by Gasteiger charge is -2.28. The Hall–Kier alpha value is -1.13. The second kappa shape index (κ2) is 4.59. The Morgan fingerprint density at radius 2 is 2.27 bits per heavy atom. The quantitative estimate of drug-likeness (QED) is 0.752. The fourth-order valence-corrected chi connectivity index (χ4v) is 1.80.